The van der Waals surface area contributed by atoms with Crippen LogP contribution >= 0.6 is 0 Å². The monoisotopic (exact) mass is 622 g/mol. The second-order valence-corrected chi connectivity index (χ2v) is 15.8. The standard InChI is InChI=1S/C36H50O7Si/c1-4-44(5-2,6-3)43-36(40)28-32-22-18-30(19-23-32)16-17-31-20-24-33(25-21-31)29-42-35(39)15-10-7-8-13-27-41-34(38)14-11-9-12-26-37/h18-25,37H,4-15,26-29H2,1-3H3. The highest BCUT2D eigenvalue weighted by Gasteiger charge is 2.32. The van der Waals surface area contributed by atoms with E-state index >= 15 is 0 Å². The fourth-order valence-corrected chi connectivity index (χ4v) is 7.21. The summed E-state index contributed by atoms with van der Waals surface area (Å²) in [5, 5.41) is 8.74. The maximum atomic E-state index is 12.5. The second-order valence-electron chi connectivity index (χ2n) is 11.1. The van der Waals surface area contributed by atoms with E-state index in [1.165, 1.54) is 0 Å². The Balaban J connectivity index is 1.64. The maximum absolute atomic E-state index is 12.5. The SMILES string of the molecule is CC[Si](CC)(CC)OC(=O)Cc1ccc(C#Cc2ccc(COC(=O)CCCCCCOC(=O)CCCCCO)cc2)cc1. The van der Waals surface area contributed by atoms with Crippen LogP contribution in [0, 0.1) is 11.8 Å². The number of unbranched alkanes of at least 4 members (excludes halogenated alkanes) is 5. The van der Waals surface area contributed by atoms with Gasteiger partial charge in [0.25, 0.3) is 14.3 Å². The van der Waals surface area contributed by atoms with Gasteiger partial charge < -0.3 is 19.0 Å². The van der Waals surface area contributed by atoms with Gasteiger partial charge in [-0.05, 0) is 79.2 Å². The molecule has 0 aliphatic carbocycles. The highest BCUT2D eigenvalue weighted by molar-refractivity contribution is 6.74. The molecule has 0 aliphatic heterocycles. The van der Waals surface area contributed by atoms with E-state index in [4.69, 9.17) is 19.0 Å². The van der Waals surface area contributed by atoms with E-state index in [1.807, 2.05) is 48.5 Å². The number of aliphatic hydroxyl groups excluding tert-OH is 1. The number of hydrogen-bond acceptors (Lipinski definition) is 7. The van der Waals surface area contributed by atoms with Crippen LogP contribution in [0.4, 0.5) is 0 Å². The summed E-state index contributed by atoms with van der Waals surface area (Å²) in [5.41, 5.74) is 3.55. The molecule has 0 aromatic heterocycles. The molecule has 0 unspecified atom stereocenters. The Bertz CT molecular complexity index is 1180. The predicted octanol–water partition coefficient (Wildman–Crippen LogP) is 7.27. The topological polar surface area (TPSA) is 99.1 Å². The molecule has 1 N–H and O–H groups in total. The highest BCUT2D eigenvalue weighted by atomic mass is 28.4. The van der Waals surface area contributed by atoms with Gasteiger partial charge in [0.05, 0.1) is 13.0 Å². The van der Waals surface area contributed by atoms with E-state index < -0.39 is 8.32 Å². The number of rotatable bonds is 20. The molecule has 0 radical (unpaired) electrons. The smallest absolute Gasteiger partial charge is 0.306 e. The Labute approximate surface area is 264 Å². The van der Waals surface area contributed by atoms with Gasteiger partial charge in [-0.15, -0.1) is 0 Å². The van der Waals surface area contributed by atoms with Crippen molar-refractivity contribution in [3.8, 4) is 11.8 Å². The van der Waals surface area contributed by atoms with Crippen molar-refractivity contribution in [2.75, 3.05) is 13.2 Å². The first kappa shape index (κ1) is 36.8. The van der Waals surface area contributed by atoms with Crippen LogP contribution < -0.4 is 0 Å². The number of carbonyl (C=O) groups is 3. The summed E-state index contributed by atoms with van der Waals surface area (Å²) in [6.45, 7) is 7.14. The molecule has 0 atom stereocenters. The summed E-state index contributed by atoms with van der Waals surface area (Å²) in [5.74, 6) is 5.77. The van der Waals surface area contributed by atoms with Crippen molar-refractivity contribution in [1.82, 2.24) is 0 Å². The quantitative estimate of drug-likeness (QED) is 0.0718. The van der Waals surface area contributed by atoms with E-state index in [-0.39, 0.29) is 37.5 Å². The van der Waals surface area contributed by atoms with Gasteiger partial charge in [0.2, 0.25) is 0 Å². The molecule has 0 spiro atoms. The molecule has 240 valence electrons. The summed E-state index contributed by atoms with van der Waals surface area (Å²) in [6.07, 6.45) is 6.65. The minimum absolute atomic E-state index is 0.138. The average molecular weight is 623 g/mol. The van der Waals surface area contributed by atoms with Crippen LogP contribution in [0.3, 0.4) is 0 Å². The fraction of sp³-hybridized carbons (Fsp3) is 0.528. The number of aliphatic hydroxyl groups is 1. The third-order valence-corrected chi connectivity index (χ3v) is 12.4. The lowest BCUT2D eigenvalue weighted by Crippen LogP contribution is -2.38. The number of carbonyl (C=O) groups excluding carboxylic acids is 3. The minimum atomic E-state index is -1.94. The second kappa shape index (κ2) is 21.3. The molecule has 0 saturated heterocycles. The lowest BCUT2D eigenvalue weighted by molar-refractivity contribution is -0.145. The molecular weight excluding hydrogens is 572 g/mol. The Morgan fingerprint density at radius 1 is 0.636 bits per heavy atom. The molecule has 44 heavy (non-hydrogen) atoms. The summed E-state index contributed by atoms with van der Waals surface area (Å²) in [7, 11) is -1.94. The summed E-state index contributed by atoms with van der Waals surface area (Å²) in [6, 6.07) is 18.2. The first-order valence-corrected chi connectivity index (χ1v) is 18.7. The van der Waals surface area contributed by atoms with Gasteiger partial charge in [-0.25, -0.2) is 0 Å². The molecule has 0 fully saturated rings. The van der Waals surface area contributed by atoms with Crippen molar-refractivity contribution in [1.29, 1.82) is 0 Å². The zero-order chi connectivity index (χ0) is 32.0. The van der Waals surface area contributed by atoms with Crippen LogP contribution in [0.15, 0.2) is 48.5 Å². The molecule has 0 aliphatic rings. The lowest BCUT2D eigenvalue weighted by Gasteiger charge is -2.27. The molecule has 2 aromatic rings. The van der Waals surface area contributed by atoms with Gasteiger partial charge in [-0.1, -0.05) is 76.1 Å². The lowest BCUT2D eigenvalue weighted by atomic mass is 10.1. The first-order chi connectivity index (χ1) is 21.3. The Morgan fingerprint density at radius 3 is 1.68 bits per heavy atom. The minimum Gasteiger partial charge on any atom is -0.519 e. The van der Waals surface area contributed by atoms with Crippen molar-refractivity contribution in [3.05, 3.63) is 70.8 Å². The number of hydrogen-bond donors (Lipinski definition) is 1. The van der Waals surface area contributed by atoms with Crippen molar-refractivity contribution in [3.63, 3.8) is 0 Å². The fourth-order valence-electron chi connectivity index (χ4n) is 4.72. The van der Waals surface area contributed by atoms with Crippen LogP contribution in [0.5, 0.6) is 0 Å². The Hall–Kier alpha value is -3.41. The van der Waals surface area contributed by atoms with Crippen molar-refractivity contribution >= 4 is 26.2 Å². The third kappa shape index (κ3) is 14.9. The largest absolute Gasteiger partial charge is 0.519 e. The van der Waals surface area contributed by atoms with E-state index in [2.05, 4.69) is 32.6 Å². The molecule has 8 heteroatoms. The van der Waals surface area contributed by atoms with Gasteiger partial charge in [0.1, 0.15) is 6.61 Å². The van der Waals surface area contributed by atoms with E-state index in [9.17, 15) is 14.4 Å². The first-order valence-electron chi connectivity index (χ1n) is 16.2. The van der Waals surface area contributed by atoms with Crippen molar-refractivity contribution in [2.24, 2.45) is 0 Å². The Morgan fingerprint density at radius 2 is 1.14 bits per heavy atom. The van der Waals surface area contributed by atoms with Gasteiger partial charge in [0, 0.05) is 30.6 Å². The zero-order valence-electron chi connectivity index (χ0n) is 26.8. The number of esters is 2. The van der Waals surface area contributed by atoms with E-state index in [1.54, 1.807) is 0 Å². The highest BCUT2D eigenvalue weighted by Crippen LogP contribution is 2.22. The van der Waals surface area contributed by atoms with Crippen LogP contribution in [-0.4, -0.2) is 44.5 Å². The van der Waals surface area contributed by atoms with Crippen LogP contribution in [0.25, 0.3) is 0 Å². The summed E-state index contributed by atoms with van der Waals surface area (Å²) < 4.78 is 16.6. The van der Waals surface area contributed by atoms with Crippen LogP contribution in [0.2, 0.25) is 18.1 Å². The molecule has 0 heterocycles. The van der Waals surface area contributed by atoms with Crippen molar-refractivity contribution in [2.45, 2.75) is 110 Å². The van der Waals surface area contributed by atoms with Gasteiger partial charge in [-0.3, -0.25) is 14.4 Å². The molecule has 2 rings (SSSR count). The Kier molecular flexibility index (Phi) is 17.8. The van der Waals surface area contributed by atoms with Gasteiger partial charge in [-0.2, -0.15) is 0 Å². The normalized spacial score (nSPS) is 10.9. The summed E-state index contributed by atoms with van der Waals surface area (Å²) in [4.78, 5) is 36.2. The molecule has 2 aromatic carbocycles. The predicted molar refractivity (Wildman–Crippen MR) is 175 cm³/mol. The third-order valence-electron chi connectivity index (χ3n) is 7.85. The summed E-state index contributed by atoms with van der Waals surface area (Å²) >= 11 is 0. The number of ether oxygens (including phenoxy) is 2. The van der Waals surface area contributed by atoms with Gasteiger partial charge >= 0.3 is 11.9 Å². The van der Waals surface area contributed by atoms with Gasteiger partial charge in [0.15, 0.2) is 0 Å². The average Bonchev–Trinajstić information content (AvgIpc) is 3.04. The van der Waals surface area contributed by atoms with Crippen LogP contribution in [-0.2, 0) is 41.3 Å². The van der Waals surface area contributed by atoms with Crippen LogP contribution in [0.1, 0.15) is 101 Å². The molecule has 0 bridgehead atoms. The maximum Gasteiger partial charge on any atom is 0.306 e. The molecule has 0 saturated carbocycles. The molecule has 7 nitrogen and oxygen atoms in total. The number of benzene rings is 2. The van der Waals surface area contributed by atoms with E-state index in [0.717, 1.165) is 85.3 Å². The van der Waals surface area contributed by atoms with E-state index in [0.29, 0.717) is 19.4 Å². The zero-order valence-corrected chi connectivity index (χ0v) is 27.8. The molecular formula is C36H50O7Si. The molecule has 0 amide bonds. The van der Waals surface area contributed by atoms with Crippen molar-refractivity contribution < 1.29 is 33.4 Å².